The lowest BCUT2D eigenvalue weighted by atomic mass is 10.00. The largest absolute Gasteiger partial charge is 0.348 e. The molecule has 1 aliphatic rings. The number of aromatic amines is 1. The van der Waals surface area contributed by atoms with Crippen molar-refractivity contribution in [3.8, 4) is 11.3 Å². The molecule has 1 aliphatic heterocycles. The van der Waals surface area contributed by atoms with Crippen molar-refractivity contribution in [1.29, 1.82) is 0 Å². The summed E-state index contributed by atoms with van der Waals surface area (Å²) in [5.41, 5.74) is 4.75. The average molecular weight is 369 g/mol. The number of nitrogens with one attached hydrogen (secondary N) is 1. The third-order valence-electron chi connectivity index (χ3n) is 5.24. The van der Waals surface area contributed by atoms with E-state index in [0.29, 0.717) is 12.1 Å². The van der Waals surface area contributed by atoms with Gasteiger partial charge in [-0.3, -0.25) is 14.9 Å². The van der Waals surface area contributed by atoms with Gasteiger partial charge in [0.1, 0.15) is 0 Å². The summed E-state index contributed by atoms with van der Waals surface area (Å²) in [4.78, 5) is 19.6. The van der Waals surface area contributed by atoms with Crippen LogP contribution in [0.3, 0.4) is 0 Å². The Balaban J connectivity index is 1.49. The number of carbonyl (C=O) groups is 1. The molecule has 0 radical (unpaired) electrons. The van der Waals surface area contributed by atoms with E-state index in [9.17, 15) is 4.79 Å². The Morgan fingerprint density at radius 3 is 2.64 bits per heavy atom. The first-order chi connectivity index (χ1) is 13.8. The van der Waals surface area contributed by atoms with E-state index in [1.807, 2.05) is 59.6 Å². The number of hydrogen-bond acceptors (Lipinski definition) is 3. The quantitative estimate of drug-likeness (QED) is 0.601. The van der Waals surface area contributed by atoms with Crippen LogP contribution in [0.2, 0.25) is 0 Å². The molecule has 28 heavy (non-hydrogen) atoms. The second-order valence-electron chi connectivity index (χ2n) is 6.86. The van der Waals surface area contributed by atoms with Crippen molar-refractivity contribution in [2.45, 2.75) is 12.6 Å². The average Bonchev–Trinajstić information content (AvgIpc) is 3.45. The lowest BCUT2D eigenvalue weighted by Crippen LogP contribution is -2.42. The minimum absolute atomic E-state index is 0.0254. The van der Waals surface area contributed by atoms with Crippen LogP contribution in [-0.2, 0) is 6.54 Å². The Labute approximate surface area is 162 Å². The molecular formula is C22H19N5O. The number of pyridine rings is 1. The maximum Gasteiger partial charge on any atom is 0.254 e. The highest BCUT2D eigenvalue weighted by molar-refractivity contribution is 5.95. The Morgan fingerprint density at radius 1 is 1.00 bits per heavy atom. The Kier molecular flexibility index (Phi) is 4.01. The number of benzene rings is 1. The molecule has 0 saturated carbocycles. The van der Waals surface area contributed by atoms with Crippen LogP contribution in [0.25, 0.3) is 11.3 Å². The van der Waals surface area contributed by atoms with Crippen LogP contribution in [0, 0.1) is 0 Å². The van der Waals surface area contributed by atoms with Gasteiger partial charge in [0.2, 0.25) is 0 Å². The van der Waals surface area contributed by atoms with Crippen LogP contribution < -0.4 is 0 Å². The summed E-state index contributed by atoms with van der Waals surface area (Å²) in [5, 5.41) is 6.93. The van der Waals surface area contributed by atoms with E-state index < -0.39 is 0 Å². The van der Waals surface area contributed by atoms with Crippen molar-refractivity contribution < 1.29 is 4.79 Å². The van der Waals surface area contributed by atoms with Crippen LogP contribution >= 0.6 is 0 Å². The first kappa shape index (κ1) is 16.5. The highest BCUT2D eigenvalue weighted by Gasteiger charge is 2.32. The molecule has 4 aromatic rings. The van der Waals surface area contributed by atoms with Crippen molar-refractivity contribution in [3.05, 3.63) is 96.2 Å². The molecule has 5 rings (SSSR count). The summed E-state index contributed by atoms with van der Waals surface area (Å²) >= 11 is 0. The molecular weight excluding hydrogens is 350 g/mol. The zero-order valence-electron chi connectivity index (χ0n) is 15.2. The summed E-state index contributed by atoms with van der Waals surface area (Å²) in [6.07, 6.45) is 7.39. The van der Waals surface area contributed by atoms with Gasteiger partial charge in [0.25, 0.3) is 5.91 Å². The van der Waals surface area contributed by atoms with Crippen LogP contribution in [0.15, 0.2) is 79.4 Å². The molecule has 1 N–H and O–H groups in total. The van der Waals surface area contributed by atoms with Gasteiger partial charge in [-0.1, -0.05) is 18.2 Å². The molecule has 6 nitrogen and oxygen atoms in total. The van der Waals surface area contributed by atoms with Crippen LogP contribution in [-0.4, -0.2) is 37.1 Å². The first-order valence-corrected chi connectivity index (χ1v) is 9.27. The molecule has 0 aliphatic carbocycles. The maximum atomic E-state index is 13.4. The van der Waals surface area contributed by atoms with Crippen molar-refractivity contribution in [2.75, 3.05) is 6.54 Å². The summed E-state index contributed by atoms with van der Waals surface area (Å²) in [7, 11) is 0. The highest BCUT2D eigenvalue weighted by Crippen LogP contribution is 2.33. The van der Waals surface area contributed by atoms with Gasteiger partial charge in [0.15, 0.2) is 0 Å². The fourth-order valence-electron chi connectivity index (χ4n) is 3.87. The van der Waals surface area contributed by atoms with Gasteiger partial charge in [-0.25, -0.2) is 0 Å². The second kappa shape index (κ2) is 6.81. The first-order valence-electron chi connectivity index (χ1n) is 9.27. The molecule has 1 aromatic carbocycles. The van der Waals surface area contributed by atoms with Crippen LogP contribution in [0.1, 0.15) is 27.7 Å². The zero-order valence-corrected chi connectivity index (χ0v) is 15.2. The molecule has 1 amide bonds. The smallest absolute Gasteiger partial charge is 0.254 e. The minimum Gasteiger partial charge on any atom is -0.348 e. The molecule has 0 fully saturated rings. The number of nitrogens with zero attached hydrogens (tertiary/aromatic N) is 4. The summed E-state index contributed by atoms with van der Waals surface area (Å²) < 4.78 is 2.21. The number of aromatic nitrogens is 4. The van der Waals surface area contributed by atoms with E-state index >= 15 is 0 Å². The molecule has 1 atom stereocenters. The zero-order chi connectivity index (χ0) is 18.9. The van der Waals surface area contributed by atoms with Crippen molar-refractivity contribution in [2.24, 2.45) is 0 Å². The molecule has 138 valence electrons. The summed E-state index contributed by atoms with van der Waals surface area (Å²) in [5.74, 6) is 0.0254. The van der Waals surface area contributed by atoms with Gasteiger partial charge in [0, 0.05) is 49.1 Å². The van der Waals surface area contributed by atoms with E-state index in [4.69, 9.17) is 0 Å². The summed E-state index contributed by atoms with van der Waals surface area (Å²) in [6, 6.07) is 17.5. The molecule has 3 aromatic heterocycles. The van der Waals surface area contributed by atoms with Crippen molar-refractivity contribution >= 4 is 5.91 Å². The molecule has 6 heteroatoms. The van der Waals surface area contributed by atoms with Crippen molar-refractivity contribution in [3.63, 3.8) is 0 Å². The number of rotatable bonds is 3. The fourth-order valence-corrected chi connectivity index (χ4v) is 3.87. The van der Waals surface area contributed by atoms with Gasteiger partial charge >= 0.3 is 0 Å². The Morgan fingerprint density at radius 2 is 1.89 bits per heavy atom. The molecule has 0 saturated heterocycles. The van der Waals surface area contributed by atoms with Gasteiger partial charge in [-0.15, -0.1) is 0 Å². The van der Waals surface area contributed by atoms with E-state index in [0.717, 1.165) is 29.1 Å². The number of amides is 1. The molecule has 4 heterocycles. The molecule has 0 unspecified atom stereocenters. The Bertz CT molecular complexity index is 1080. The molecule has 0 bridgehead atoms. The SMILES string of the molecule is O=C(c1ccc(-c2ccn[nH]2)cc1)N1CCn2cccc2[C@@H]1c1cccnc1. The monoisotopic (exact) mass is 369 g/mol. The van der Waals surface area contributed by atoms with Crippen LogP contribution in [0.5, 0.6) is 0 Å². The second-order valence-corrected chi connectivity index (χ2v) is 6.86. The summed E-state index contributed by atoms with van der Waals surface area (Å²) in [6.45, 7) is 1.44. The third kappa shape index (κ3) is 2.79. The topological polar surface area (TPSA) is 66.8 Å². The Hall–Kier alpha value is -3.67. The number of carbonyl (C=O) groups excluding carboxylic acids is 1. The maximum absolute atomic E-state index is 13.4. The fraction of sp³-hybridized carbons (Fsp3) is 0.136. The molecule has 0 spiro atoms. The van der Waals surface area contributed by atoms with Gasteiger partial charge in [-0.2, -0.15) is 5.10 Å². The van der Waals surface area contributed by atoms with E-state index in [-0.39, 0.29) is 11.9 Å². The van der Waals surface area contributed by atoms with Crippen LogP contribution in [0.4, 0.5) is 0 Å². The van der Waals surface area contributed by atoms with Gasteiger partial charge in [0.05, 0.1) is 11.7 Å². The van der Waals surface area contributed by atoms with Gasteiger partial charge < -0.3 is 9.47 Å². The lowest BCUT2D eigenvalue weighted by molar-refractivity contribution is 0.0664. The number of H-pyrrole nitrogens is 1. The van der Waals surface area contributed by atoms with E-state index in [1.165, 1.54) is 0 Å². The third-order valence-corrected chi connectivity index (χ3v) is 5.24. The number of fused-ring (bicyclic) bond motifs is 1. The highest BCUT2D eigenvalue weighted by atomic mass is 16.2. The predicted octanol–water partition coefficient (Wildman–Crippen LogP) is 3.52. The normalized spacial score (nSPS) is 16.0. The number of hydrogen-bond donors (Lipinski definition) is 1. The van der Waals surface area contributed by atoms with E-state index in [1.54, 1.807) is 12.4 Å². The minimum atomic E-state index is -0.141. The van der Waals surface area contributed by atoms with Crippen molar-refractivity contribution in [1.82, 2.24) is 24.6 Å². The van der Waals surface area contributed by atoms with Gasteiger partial charge in [-0.05, 0) is 47.5 Å². The lowest BCUT2D eigenvalue weighted by Gasteiger charge is -2.37. The predicted molar refractivity (Wildman–Crippen MR) is 106 cm³/mol. The standard InChI is InChI=1S/C22H19N5O/c28-22(17-7-5-16(6-8-17)19-9-11-24-25-19)27-14-13-26-12-2-4-20(26)21(27)18-3-1-10-23-15-18/h1-12,15,21H,13-14H2,(H,24,25)/t21-/m0/s1. The van der Waals surface area contributed by atoms with E-state index in [2.05, 4.69) is 32.0 Å².